The lowest BCUT2D eigenvalue weighted by Crippen LogP contribution is -2.36. The molecule has 120 valence electrons. The molecule has 2 unspecified atom stereocenters. The summed E-state index contributed by atoms with van der Waals surface area (Å²) in [4.78, 5) is 26.0. The second kappa shape index (κ2) is 7.61. The van der Waals surface area contributed by atoms with Crippen LogP contribution in [-0.2, 0) is 14.3 Å². The van der Waals surface area contributed by atoms with Crippen molar-refractivity contribution in [1.29, 1.82) is 0 Å². The minimum Gasteiger partial charge on any atom is -0.380 e. The molecule has 22 heavy (non-hydrogen) atoms. The van der Waals surface area contributed by atoms with Crippen molar-refractivity contribution in [2.75, 3.05) is 26.8 Å². The van der Waals surface area contributed by atoms with Gasteiger partial charge in [-0.05, 0) is 24.6 Å². The maximum Gasteiger partial charge on any atom is 0.226 e. The second-order valence-corrected chi connectivity index (χ2v) is 5.74. The van der Waals surface area contributed by atoms with Crippen LogP contribution in [0.3, 0.4) is 0 Å². The van der Waals surface area contributed by atoms with Gasteiger partial charge in [0.15, 0.2) is 0 Å². The van der Waals surface area contributed by atoms with Crippen LogP contribution in [0, 0.1) is 5.92 Å². The van der Waals surface area contributed by atoms with Gasteiger partial charge in [-0.2, -0.15) is 0 Å². The fourth-order valence-corrected chi connectivity index (χ4v) is 2.97. The van der Waals surface area contributed by atoms with Gasteiger partial charge in [-0.1, -0.05) is 23.7 Å². The third-order valence-electron chi connectivity index (χ3n) is 3.86. The van der Waals surface area contributed by atoms with Gasteiger partial charge in [0.05, 0.1) is 18.6 Å². The van der Waals surface area contributed by atoms with Gasteiger partial charge >= 0.3 is 0 Å². The molecule has 0 bridgehead atoms. The minimum absolute atomic E-state index is 0.0325. The van der Waals surface area contributed by atoms with E-state index < -0.39 is 5.92 Å². The molecule has 0 aromatic heterocycles. The van der Waals surface area contributed by atoms with Crippen LogP contribution < -0.4 is 5.32 Å². The molecule has 2 rings (SSSR count). The Morgan fingerprint density at radius 2 is 2.27 bits per heavy atom. The molecule has 1 heterocycles. The number of hydrogen-bond donors (Lipinski definition) is 1. The van der Waals surface area contributed by atoms with Gasteiger partial charge in [-0.25, -0.2) is 0 Å². The third kappa shape index (κ3) is 3.78. The number of benzene rings is 1. The lowest BCUT2D eigenvalue weighted by Gasteiger charge is -2.25. The highest BCUT2D eigenvalue weighted by Crippen LogP contribution is 2.37. The van der Waals surface area contributed by atoms with E-state index in [1.807, 2.05) is 25.1 Å². The number of likely N-dealkylation sites (tertiary alicyclic amines) is 1. The van der Waals surface area contributed by atoms with E-state index in [-0.39, 0.29) is 24.3 Å². The number of halogens is 1. The van der Waals surface area contributed by atoms with E-state index in [1.54, 1.807) is 18.0 Å². The van der Waals surface area contributed by atoms with Crippen LogP contribution in [0.1, 0.15) is 24.9 Å². The van der Waals surface area contributed by atoms with Gasteiger partial charge in [0.25, 0.3) is 0 Å². The first-order chi connectivity index (χ1) is 10.5. The van der Waals surface area contributed by atoms with Crippen molar-refractivity contribution in [3.05, 3.63) is 34.9 Å². The van der Waals surface area contributed by atoms with E-state index in [2.05, 4.69) is 5.32 Å². The first-order valence-electron chi connectivity index (χ1n) is 7.41. The van der Waals surface area contributed by atoms with Crippen molar-refractivity contribution in [2.45, 2.75) is 19.4 Å². The predicted octanol–water partition coefficient (Wildman–Crippen LogP) is 2.01. The lowest BCUT2D eigenvalue weighted by molar-refractivity contribution is -0.128. The Hall–Kier alpha value is -1.59. The number of hydrogen-bond acceptors (Lipinski definition) is 3. The lowest BCUT2D eigenvalue weighted by atomic mass is 9.93. The Balaban J connectivity index is 2.11. The highest BCUT2D eigenvalue weighted by molar-refractivity contribution is 6.30. The fourth-order valence-electron chi connectivity index (χ4n) is 2.77. The number of nitrogens with one attached hydrogen (secondary N) is 1. The topological polar surface area (TPSA) is 58.6 Å². The summed E-state index contributed by atoms with van der Waals surface area (Å²) in [6.45, 7) is 3.44. The molecule has 1 aromatic carbocycles. The molecule has 2 atom stereocenters. The quantitative estimate of drug-likeness (QED) is 0.814. The molecule has 0 spiro atoms. The van der Waals surface area contributed by atoms with Crippen LogP contribution >= 0.6 is 11.6 Å². The summed E-state index contributed by atoms with van der Waals surface area (Å²) < 4.78 is 5.21. The maximum absolute atomic E-state index is 12.4. The fraction of sp³-hybridized carbons (Fsp3) is 0.500. The Morgan fingerprint density at radius 1 is 1.50 bits per heavy atom. The first kappa shape index (κ1) is 16.8. The summed E-state index contributed by atoms with van der Waals surface area (Å²) in [5, 5.41) is 3.44. The summed E-state index contributed by atoms with van der Waals surface area (Å²) in [7, 11) is 1.72. The summed E-state index contributed by atoms with van der Waals surface area (Å²) in [6.07, 6.45) is 0.216. The molecule has 2 amide bonds. The van der Waals surface area contributed by atoms with Crippen molar-refractivity contribution in [1.82, 2.24) is 10.2 Å². The Kier molecular flexibility index (Phi) is 5.80. The first-order valence-corrected chi connectivity index (χ1v) is 7.79. The number of carbonyl (C=O) groups excluding carboxylic acids is 2. The van der Waals surface area contributed by atoms with Crippen molar-refractivity contribution in [3.63, 3.8) is 0 Å². The Labute approximate surface area is 135 Å². The van der Waals surface area contributed by atoms with Crippen LogP contribution in [0.5, 0.6) is 0 Å². The van der Waals surface area contributed by atoms with Crippen molar-refractivity contribution in [3.8, 4) is 0 Å². The number of ether oxygens (including phenoxy) is 1. The van der Waals surface area contributed by atoms with Crippen LogP contribution in [0.25, 0.3) is 0 Å². The molecule has 5 nitrogen and oxygen atoms in total. The molecule has 1 aliphatic rings. The highest BCUT2D eigenvalue weighted by atomic mass is 35.5. The molecule has 1 aliphatic heterocycles. The van der Waals surface area contributed by atoms with Crippen LogP contribution in [-0.4, -0.2) is 43.5 Å². The summed E-state index contributed by atoms with van der Waals surface area (Å²) in [5.41, 5.74) is 0.880. The maximum atomic E-state index is 12.4. The molecule has 0 aliphatic carbocycles. The van der Waals surface area contributed by atoms with Crippen LogP contribution in [0.4, 0.5) is 0 Å². The van der Waals surface area contributed by atoms with E-state index in [9.17, 15) is 9.59 Å². The molecule has 6 heteroatoms. The number of amides is 2. The van der Waals surface area contributed by atoms with E-state index in [0.29, 0.717) is 24.8 Å². The van der Waals surface area contributed by atoms with Crippen molar-refractivity contribution < 1.29 is 14.3 Å². The summed E-state index contributed by atoms with van der Waals surface area (Å²) in [6, 6.07) is 7.03. The Morgan fingerprint density at radius 3 is 2.95 bits per heavy atom. The molecular weight excluding hydrogens is 304 g/mol. The molecule has 1 fully saturated rings. The zero-order valence-electron chi connectivity index (χ0n) is 12.8. The summed E-state index contributed by atoms with van der Waals surface area (Å²) >= 11 is 6.03. The standard InChI is InChI=1S/C16H21ClN2O3/c1-3-22-8-7-18-16(21)13-10-14(20)19(2)15(13)11-5-4-6-12(17)9-11/h4-6,9,13,15H,3,7-8,10H2,1-2H3,(H,18,21). The van der Waals surface area contributed by atoms with E-state index in [0.717, 1.165) is 5.56 Å². The molecule has 0 radical (unpaired) electrons. The van der Waals surface area contributed by atoms with Gasteiger partial charge in [0, 0.05) is 31.6 Å². The van der Waals surface area contributed by atoms with Crippen LogP contribution in [0.2, 0.25) is 5.02 Å². The Bertz CT molecular complexity index is 550. The average molecular weight is 325 g/mol. The van der Waals surface area contributed by atoms with Crippen molar-refractivity contribution >= 4 is 23.4 Å². The average Bonchev–Trinajstić information content (AvgIpc) is 2.79. The molecule has 1 N–H and O–H groups in total. The van der Waals surface area contributed by atoms with Gasteiger partial charge in [0.2, 0.25) is 11.8 Å². The summed E-state index contributed by atoms with van der Waals surface area (Å²) in [5.74, 6) is -0.560. The van der Waals surface area contributed by atoms with Gasteiger partial charge in [-0.15, -0.1) is 0 Å². The van der Waals surface area contributed by atoms with Crippen LogP contribution in [0.15, 0.2) is 24.3 Å². The number of carbonyl (C=O) groups is 2. The molecule has 1 saturated heterocycles. The van der Waals surface area contributed by atoms with E-state index in [4.69, 9.17) is 16.3 Å². The highest BCUT2D eigenvalue weighted by Gasteiger charge is 2.42. The molecule has 1 aromatic rings. The smallest absolute Gasteiger partial charge is 0.226 e. The zero-order chi connectivity index (χ0) is 16.1. The zero-order valence-corrected chi connectivity index (χ0v) is 13.6. The largest absolute Gasteiger partial charge is 0.380 e. The van der Waals surface area contributed by atoms with Gasteiger partial charge in [0.1, 0.15) is 0 Å². The monoisotopic (exact) mass is 324 g/mol. The third-order valence-corrected chi connectivity index (χ3v) is 4.10. The molecule has 0 saturated carbocycles. The SMILES string of the molecule is CCOCCNC(=O)C1CC(=O)N(C)C1c1cccc(Cl)c1. The minimum atomic E-state index is -0.405. The number of rotatable bonds is 6. The normalized spacial score (nSPS) is 21.2. The van der Waals surface area contributed by atoms with Gasteiger partial charge < -0.3 is 15.0 Å². The van der Waals surface area contributed by atoms with Crippen molar-refractivity contribution in [2.24, 2.45) is 5.92 Å². The number of nitrogens with zero attached hydrogens (tertiary/aromatic N) is 1. The van der Waals surface area contributed by atoms with Gasteiger partial charge in [-0.3, -0.25) is 9.59 Å². The molecular formula is C16H21ClN2O3. The second-order valence-electron chi connectivity index (χ2n) is 5.30. The predicted molar refractivity (Wildman–Crippen MR) is 84.6 cm³/mol. The van der Waals surface area contributed by atoms with E-state index >= 15 is 0 Å². The van der Waals surface area contributed by atoms with E-state index in [1.165, 1.54) is 0 Å².